The van der Waals surface area contributed by atoms with Crippen LogP contribution < -0.4 is 5.48 Å². The zero-order chi connectivity index (χ0) is 22.1. The fraction of sp³-hybridized carbons (Fsp3) is 0.227. The lowest BCUT2D eigenvalue weighted by molar-refractivity contribution is -0.134. The SMILES string of the molecule is O=C(NO)C1([S+]([O-])c2ccc3nc(-n4cnc(-c5ccccc5)c4)sc3c2)CCOCC1. The Balaban J connectivity index is 1.47. The number of thiazole rings is 1. The molecule has 2 aromatic heterocycles. The van der Waals surface area contributed by atoms with Crippen molar-refractivity contribution < 1.29 is 19.3 Å². The van der Waals surface area contributed by atoms with Crippen LogP contribution >= 0.6 is 11.3 Å². The zero-order valence-corrected chi connectivity index (χ0v) is 18.6. The van der Waals surface area contributed by atoms with E-state index in [0.717, 1.165) is 26.6 Å². The van der Waals surface area contributed by atoms with Gasteiger partial charge in [-0.15, -0.1) is 0 Å². The fourth-order valence-electron chi connectivity index (χ4n) is 3.83. The molecule has 2 aromatic carbocycles. The van der Waals surface area contributed by atoms with Gasteiger partial charge in [-0.2, -0.15) is 0 Å². The van der Waals surface area contributed by atoms with Crippen molar-refractivity contribution in [3.8, 4) is 16.4 Å². The van der Waals surface area contributed by atoms with Crippen LogP contribution in [0.3, 0.4) is 0 Å². The van der Waals surface area contributed by atoms with Crippen molar-refractivity contribution in [1.82, 2.24) is 20.0 Å². The summed E-state index contributed by atoms with van der Waals surface area (Å²) in [6, 6.07) is 15.2. The Morgan fingerprint density at radius 1 is 1.22 bits per heavy atom. The van der Waals surface area contributed by atoms with Gasteiger partial charge in [-0.05, 0) is 12.1 Å². The summed E-state index contributed by atoms with van der Waals surface area (Å²) in [6.07, 6.45) is 4.20. The minimum absolute atomic E-state index is 0.273. The van der Waals surface area contributed by atoms with E-state index in [1.165, 1.54) is 11.3 Å². The first-order valence-corrected chi connectivity index (χ1v) is 12.0. The number of hydrogen-bond acceptors (Lipinski definition) is 7. The van der Waals surface area contributed by atoms with Crippen molar-refractivity contribution in [1.29, 1.82) is 0 Å². The van der Waals surface area contributed by atoms with E-state index in [4.69, 9.17) is 4.74 Å². The Bertz CT molecular complexity index is 1250. The molecule has 0 radical (unpaired) electrons. The van der Waals surface area contributed by atoms with E-state index in [1.807, 2.05) is 53.2 Å². The largest absolute Gasteiger partial charge is 0.611 e. The number of fused-ring (bicyclic) bond motifs is 1. The molecule has 1 amide bonds. The third kappa shape index (κ3) is 3.70. The predicted molar refractivity (Wildman–Crippen MR) is 121 cm³/mol. The lowest BCUT2D eigenvalue weighted by Gasteiger charge is -2.35. The Labute approximate surface area is 191 Å². The molecule has 0 spiro atoms. The van der Waals surface area contributed by atoms with Crippen molar-refractivity contribution in [2.75, 3.05) is 13.2 Å². The molecule has 5 rings (SSSR count). The number of ether oxygens (including phenoxy) is 1. The van der Waals surface area contributed by atoms with Crippen LogP contribution in [0.15, 0.2) is 66.0 Å². The third-order valence-electron chi connectivity index (χ3n) is 5.61. The van der Waals surface area contributed by atoms with E-state index in [1.54, 1.807) is 17.9 Å². The highest BCUT2D eigenvalue weighted by molar-refractivity contribution is 7.93. The van der Waals surface area contributed by atoms with Crippen molar-refractivity contribution in [3.05, 3.63) is 61.1 Å². The molecule has 1 saturated heterocycles. The van der Waals surface area contributed by atoms with E-state index < -0.39 is 21.8 Å². The number of hydrogen-bond donors (Lipinski definition) is 2. The Morgan fingerprint density at radius 3 is 2.75 bits per heavy atom. The minimum Gasteiger partial charge on any atom is -0.611 e. The molecular formula is C22H20N4O4S2. The number of rotatable bonds is 5. The van der Waals surface area contributed by atoms with E-state index in [9.17, 15) is 14.6 Å². The summed E-state index contributed by atoms with van der Waals surface area (Å²) in [5, 5.41) is 9.98. The number of benzene rings is 2. The van der Waals surface area contributed by atoms with Gasteiger partial charge in [0.05, 0.1) is 29.1 Å². The Kier molecular flexibility index (Phi) is 5.70. The van der Waals surface area contributed by atoms with Gasteiger partial charge in [0.2, 0.25) is 4.75 Å². The monoisotopic (exact) mass is 468 g/mol. The second-order valence-electron chi connectivity index (χ2n) is 7.47. The van der Waals surface area contributed by atoms with Crippen LogP contribution in [0.2, 0.25) is 0 Å². The smallest absolute Gasteiger partial charge is 0.300 e. The second kappa shape index (κ2) is 8.64. The number of nitrogens with one attached hydrogen (secondary N) is 1. The summed E-state index contributed by atoms with van der Waals surface area (Å²) in [4.78, 5) is 22.1. The van der Waals surface area contributed by atoms with E-state index >= 15 is 0 Å². The molecule has 1 aliphatic rings. The molecule has 8 nitrogen and oxygen atoms in total. The highest BCUT2D eigenvalue weighted by Gasteiger charge is 2.52. The summed E-state index contributed by atoms with van der Waals surface area (Å²) >= 11 is -0.210. The van der Waals surface area contributed by atoms with Crippen molar-refractivity contribution >= 4 is 38.6 Å². The first kappa shape index (κ1) is 21.1. The highest BCUT2D eigenvalue weighted by Crippen LogP contribution is 2.37. The van der Waals surface area contributed by atoms with Gasteiger partial charge in [-0.3, -0.25) is 14.6 Å². The molecule has 0 bridgehead atoms. The Morgan fingerprint density at radius 2 is 2.00 bits per heavy atom. The molecule has 0 saturated carbocycles. The van der Waals surface area contributed by atoms with E-state index in [-0.39, 0.29) is 12.8 Å². The van der Waals surface area contributed by atoms with Crippen molar-refractivity contribution in [3.63, 3.8) is 0 Å². The molecule has 1 atom stereocenters. The van der Waals surface area contributed by atoms with Gasteiger partial charge in [0.15, 0.2) is 10.0 Å². The van der Waals surface area contributed by atoms with Crippen LogP contribution in [0.1, 0.15) is 12.8 Å². The number of imidazole rings is 1. The average molecular weight is 469 g/mol. The van der Waals surface area contributed by atoms with E-state index in [0.29, 0.717) is 18.1 Å². The van der Waals surface area contributed by atoms with E-state index in [2.05, 4.69) is 9.97 Å². The summed E-state index contributed by atoms with van der Waals surface area (Å²) in [5.74, 6) is -0.643. The number of carbonyl (C=O) groups excluding carboxylic acids is 1. The van der Waals surface area contributed by atoms with Gasteiger partial charge in [0.1, 0.15) is 6.33 Å². The quantitative estimate of drug-likeness (QED) is 0.264. The van der Waals surface area contributed by atoms with Gasteiger partial charge in [0.25, 0.3) is 5.91 Å². The summed E-state index contributed by atoms with van der Waals surface area (Å²) in [6.45, 7) is 0.632. The van der Waals surface area contributed by atoms with Crippen LogP contribution in [0.25, 0.3) is 26.6 Å². The topological polar surface area (TPSA) is 112 Å². The first-order chi connectivity index (χ1) is 15.6. The molecule has 10 heteroatoms. The molecular weight excluding hydrogens is 448 g/mol. The van der Waals surface area contributed by atoms with Gasteiger partial charge >= 0.3 is 0 Å². The standard InChI is InChI=1S/C22H20N4O4S2/c27-20(25-28)22(8-10-30-11-9-22)32(29)16-6-7-17-19(12-16)31-21(24-17)26-13-18(23-14-26)15-4-2-1-3-5-15/h1-7,12-14,28H,8-11H2,(H,25,27). The molecule has 1 fully saturated rings. The van der Waals surface area contributed by atoms with Crippen LogP contribution in [-0.4, -0.2) is 48.2 Å². The number of nitrogens with zero attached hydrogens (tertiary/aromatic N) is 3. The minimum atomic E-state index is -1.66. The molecule has 3 heterocycles. The summed E-state index contributed by atoms with van der Waals surface area (Å²) < 4.78 is 20.3. The van der Waals surface area contributed by atoms with Gasteiger partial charge in [-0.25, -0.2) is 15.4 Å². The number of carbonyl (C=O) groups is 1. The van der Waals surface area contributed by atoms with Crippen molar-refractivity contribution in [2.24, 2.45) is 0 Å². The van der Waals surface area contributed by atoms with Crippen LogP contribution in [0, 0.1) is 0 Å². The molecule has 0 aliphatic carbocycles. The molecule has 1 aliphatic heterocycles. The summed E-state index contributed by atoms with van der Waals surface area (Å²) in [7, 11) is 0. The van der Waals surface area contributed by atoms with Crippen LogP contribution in [-0.2, 0) is 20.7 Å². The zero-order valence-electron chi connectivity index (χ0n) is 16.9. The second-order valence-corrected chi connectivity index (χ2v) is 10.3. The molecule has 1 unspecified atom stereocenters. The maximum atomic E-state index is 13.5. The number of hydroxylamine groups is 1. The van der Waals surface area contributed by atoms with Gasteiger partial charge in [0, 0.05) is 41.8 Å². The summed E-state index contributed by atoms with van der Waals surface area (Å²) in [5.41, 5.74) is 4.34. The average Bonchev–Trinajstić information content (AvgIpc) is 3.51. The van der Waals surface area contributed by atoms with Crippen LogP contribution in [0.5, 0.6) is 0 Å². The lowest BCUT2D eigenvalue weighted by Crippen LogP contribution is -2.54. The molecule has 164 valence electrons. The van der Waals surface area contributed by atoms with Crippen molar-refractivity contribution in [2.45, 2.75) is 22.5 Å². The molecule has 4 aromatic rings. The fourth-order valence-corrected chi connectivity index (χ4v) is 6.47. The van der Waals surface area contributed by atoms with Gasteiger partial charge < -0.3 is 9.29 Å². The van der Waals surface area contributed by atoms with Crippen LogP contribution in [0.4, 0.5) is 0 Å². The number of aromatic nitrogens is 3. The highest BCUT2D eigenvalue weighted by atomic mass is 32.2. The lowest BCUT2D eigenvalue weighted by atomic mass is 9.98. The third-order valence-corrected chi connectivity index (χ3v) is 8.62. The predicted octanol–water partition coefficient (Wildman–Crippen LogP) is 3.31. The number of amides is 1. The first-order valence-electron chi connectivity index (χ1n) is 10.1. The molecule has 2 N–H and O–H groups in total. The normalized spacial score (nSPS) is 16.7. The Hall–Kier alpha value is -2.76. The van der Waals surface area contributed by atoms with Gasteiger partial charge in [-0.1, -0.05) is 41.7 Å². The molecule has 32 heavy (non-hydrogen) atoms. The maximum Gasteiger partial charge on any atom is 0.300 e. The maximum absolute atomic E-state index is 13.5.